The van der Waals surface area contributed by atoms with Gasteiger partial charge < -0.3 is 0 Å². The lowest BCUT2D eigenvalue weighted by Gasteiger charge is -1.69. The number of aromatic amines is 1. The van der Waals surface area contributed by atoms with Crippen LogP contribution < -0.4 is 10.7 Å². The maximum Gasteiger partial charge on any atom is 0.350 e. The molecule has 0 aliphatic rings. The molecule has 1 aromatic heterocycles. The fourth-order valence-corrected chi connectivity index (χ4v) is 0.366. The van der Waals surface area contributed by atoms with Gasteiger partial charge in [-0.2, -0.15) is 0 Å². The van der Waals surface area contributed by atoms with E-state index in [-0.39, 0.29) is 5.56 Å². The van der Waals surface area contributed by atoms with Crippen LogP contribution in [0.2, 0.25) is 0 Å². The minimum absolute atomic E-state index is 0.149. The predicted molar refractivity (Wildman–Crippen MR) is 26.2 cm³/mol. The van der Waals surface area contributed by atoms with Gasteiger partial charge in [0.2, 0.25) is 0 Å². The van der Waals surface area contributed by atoms with Crippen molar-refractivity contribution in [3.05, 3.63) is 28.2 Å². The lowest BCUT2D eigenvalue weighted by Crippen LogP contribution is -2.16. The number of aromatic nitrogens is 2. The third kappa shape index (κ3) is 0.684. The van der Waals surface area contributed by atoms with Gasteiger partial charge in [-0.1, -0.05) is 0 Å². The van der Waals surface area contributed by atoms with Gasteiger partial charge in [0.25, 0.3) is 0 Å². The number of H-pyrrole nitrogens is 1. The monoisotopic (exact) mass is 109 g/mol. The van der Waals surface area contributed by atoms with Crippen molar-refractivity contribution in [3.63, 3.8) is 0 Å². The average Bonchev–Trinajstić information content (AvgIpc) is 1.77. The molecule has 0 amide bonds. The van der Waals surface area contributed by atoms with Crippen molar-refractivity contribution in [1.82, 2.24) is 5.10 Å². The standard InChI is InChI=1S/C5H4N2O/c1-4-2-3-6-7-5(4)8/h2H,1H3/p+1. The first-order valence-corrected chi connectivity index (χ1v) is 2.23. The van der Waals surface area contributed by atoms with E-state index in [0.717, 1.165) is 0 Å². The molecule has 0 saturated carbocycles. The molecular formula is C5H5N2O+. The first kappa shape index (κ1) is 4.85. The lowest BCUT2D eigenvalue weighted by atomic mass is 10.4. The molecule has 0 unspecified atom stereocenters. The minimum Gasteiger partial charge on any atom is -0.263 e. The Bertz CT molecular complexity index is 228. The molecule has 3 nitrogen and oxygen atoms in total. The molecule has 1 aromatic rings. The number of rotatable bonds is 0. The van der Waals surface area contributed by atoms with E-state index in [1.165, 1.54) is 0 Å². The van der Waals surface area contributed by atoms with Gasteiger partial charge in [0.05, 0.1) is 11.2 Å². The third-order valence-corrected chi connectivity index (χ3v) is 0.861. The molecule has 0 bridgehead atoms. The van der Waals surface area contributed by atoms with Gasteiger partial charge >= 0.3 is 11.8 Å². The van der Waals surface area contributed by atoms with Crippen molar-refractivity contribution in [3.8, 4) is 0 Å². The Hall–Kier alpha value is -1.30. The molecule has 1 rings (SSSR count). The van der Waals surface area contributed by atoms with Crippen LogP contribution in [0.4, 0.5) is 0 Å². The summed E-state index contributed by atoms with van der Waals surface area (Å²) in [5.41, 5.74) is 0.490. The van der Waals surface area contributed by atoms with Crippen molar-refractivity contribution in [1.29, 1.82) is 0 Å². The summed E-state index contributed by atoms with van der Waals surface area (Å²) in [7, 11) is 0. The topological polar surface area (TPSA) is 47.0 Å². The molecule has 0 aromatic carbocycles. The molecule has 0 fully saturated rings. The van der Waals surface area contributed by atoms with Crippen LogP contribution in [0.25, 0.3) is 0 Å². The van der Waals surface area contributed by atoms with Crippen molar-refractivity contribution >= 4 is 0 Å². The number of nitrogens with zero attached hydrogens (tertiary/aromatic N) is 1. The minimum atomic E-state index is -0.149. The van der Waals surface area contributed by atoms with E-state index in [4.69, 9.17) is 0 Å². The molecule has 40 valence electrons. The van der Waals surface area contributed by atoms with Gasteiger partial charge in [-0.05, 0) is 12.0 Å². The van der Waals surface area contributed by atoms with Gasteiger partial charge in [0, 0.05) is 5.56 Å². The Morgan fingerprint density at radius 2 is 2.62 bits per heavy atom. The van der Waals surface area contributed by atoms with Crippen LogP contribution in [0.1, 0.15) is 5.56 Å². The van der Waals surface area contributed by atoms with E-state index in [1.54, 1.807) is 13.0 Å². The Labute approximate surface area is 46.4 Å². The zero-order chi connectivity index (χ0) is 5.98. The Morgan fingerprint density at radius 1 is 1.88 bits per heavy atom. The van der Waals surface area contributed by atoms with Crippen LogP contribution in [-0.4, -0.2) is 5.10 Å². The highest BCUT2D eigenvalue weighted by molar-refractivity contribution is 4.98. The SMILES string of the molecule is Cc1cc#[n+][nH]c1=O. The zero-order valence-corrected chi connectivity index (χ0v) is 4.43. The maximum absolute atomic E-state index is 10.5. The van der Waals surface area contributed by atoms with E-state index < -0.39 is 0 Å². The normalized spacial score (nSPS) is 8.12. The van der Waals surface area contributed by atoms with Gasteiger partial charge in [-0.15, -0.1) is 0 Å². The fraction of sp³-hybridized carbons (Fsp3) is 0.200. The maximum atomic E-state index is 10.5. The first-order chi connectivity index (χ1) is 3.80. The average molecular weight is 109 g/mol. The first-order valence-electron chi connectivity index (χ1n) is 2.23. The van der Waals surface area contributed by atoms with Gasteiger partial charge in [-0.25, -0.2) is 0 Å². The van der Waals surface area contributed by atoms with Crippen LogP contribution in [0, 0.1) is 13.1 Å². The largest absolute Gasteiger partial charge is 0.350 e. The molecule has 0 aliphatic carbocycles. The summed E-state index contributed by atoms with van der Waals surface area (Å²) in [4.78, 5) is 10.5. The van der Waals surface area contributed by atoms with Crippen LogP contribution in [0.15, 0.2) is 10.9 Å². The summed E-state index contributed by atoms with van der Waals surface area (Å²) in [6.07, 6.45) is 2.50. The predicted octanol–water partition coefficient (Wildman–Crippen LogP) is -0.917. The Balaban J connectivity index is 3.35. The van der Waals surface area contributed by atoms with E-state index in [2.05, 4.69) is 16.4 Å². The number of hydrogen-bond donors (Lipinski definition) is 1. The van der Waals surface area contributed by atoms with E-state index in [1.807, 2.05) is 0 Å². The molecule has 8 heavy (non-hydrogen) atoms. The third-order valence-electron chi connectivity index (χ3n) is 0.861. The lowest BCUT2D eigenvalue weighted by molar-refractivity contribution is -0.379. The fourth-order valence-electron chi connectivity index (χ4n) is 0.366. The molecular weight excluding hydrogens is 104 g/mol. The van der Waals surface area contributed by atoms with Crippen LogP contribution in [0.5, 0.6) is 0 Å². The summed E-state index contributed by atoms with van der Waals surface area (Å²) < 4.78 is 0. The molecule has 0 atom stereocenters. The molecule has 3 heteroatoms. The molecule has 1 heterocycles. The van der Waals surface area contributed by atoms with Crippen LogP contribution in [0.3, 0.4) is 0 Å². The summed E-state index contributed by atoms with van der Waals surface area (Å²) in [5, 5.41) is 5.62. The smallest absolute Gasteiger partial charge is 0.263 e. The second-order valence-corrected chi connectivity index (χ2v) is 1.51. The number of aryl methyl sites for hydroxylation is 1. The summed E-state index contributed by atoms with van der Waals surface area (Å²) in [6, 6.07) is 1.54. The molecule has 0 spiro atoms. The van der Waals surface area contributed by atoms with Crippen LogP contribution in [-0.2, 0) is 0 Å². The van der Waals surface area contributed by atoms with Gasteiger partial charge in [-0.3, -0.25) is 4.79 Å². The Kier molecular flexibility index (Phi) is 1.01. The second-order valence-electron chi connectivity index (χ2n) is 1.51. The number of hydrogen-bond acceptors (Lipinski definition) is 1. The van der Waals surface area contributed by atoms with Crippen molar-refractivity contribution < 1.29 is 5.10 Å². The molecule has 1 N–H and O–H groups in total. The highest BCUT2D eigenvalue weighted by Gasteiger charge is 1.90. The number of nitrogens with one attached hydrogen (secondary N) is 1. The van der Waals surface area contributed by atoms with E-state index in [9.17, 15) is 4.79 Å². The summed E-state index contributed by atoms with van der Waals surface area (Å²) >= 11 is 0. The van der Waals surface area contributed by atoms with Crippen molar-refractivity contribution in [2.24, 2.45) is 0 Å². The zero-order valence-electron chi connectivity index (χ0n) is 4.43. The molecule has 0 saturated heterocycles. The summed E-state index contributed by atoms with van der Waals surface area (Å²) in [6.45, 7) is 1.71. The van der Waals surface area contributed by atoms with E-state index >= 15 is 0 Å². The van der Waals surface area contributed by atoms with Crippen molar-refractivity contribution in [2.45, 2.75) is 6.92 Å². The quantitative estimate of drug-likeness (QED) is 0.468. The van der Waals surface area contributed by atoms with Gasteiger partial charge in [0.1, 0.15) is 0 Å². The van der Waals surface area contributed by atoms with Crippen molar-refractivity contribution in [2.75, 3.05) is 0 Å². The molecule has 0 aliphatic heterocycles. The highest BCUT2D eigenvalue weighted by atomic mass is 16.1. The highest BCUT2D eigenvalue weighted by Crippen LogP contribution is 1.73. The van der Waals surface area contributed by atoms with Gasteiger partial charge in [0.15, 0.2) is 0 Å². The molecule has 0 radical (unpaired) electrons. The van der Waals surface area contributed by atoms with Crippen LogP contribution >= 0.6 is 0 Å². The Morgan fingerprint density at radius 3 is 3.00 bits per heavy atom. The summed E-state index contributed by atoms with van der Waals surface area (Å²) in [5.74, 6) is 0. The van der Waals surface area contributed by atoms with E-state index in [0.29, 0.717) is 5.56 Å². The second kappa shape index (κ2) is 1.66.